The molecule has 0 bridgehead atoms. The molecule has 0 aromatic carbocycles. The molecule has 0 spiro atoms. The zero-order valence-electron chi connectivity index (χ0n) is 5.55. The lowest BCUT2D eigenvalue weighted by molar-refractivity contribution is -0.151. The largest absolute Gasteiger partial charge is 0.458 e. The van der Waals surface area contributed by atoms with Crippen molar-refractivity contribution in [2.24, 2.45) is 0 Å². The molecule has 0 unspecified atom stereocenters. The van der Waals surface area contributed by atoms with E-state index in [4.69, 9.17) is 9.84 Å². The van der Waals surface area contributed by atoms with Crippen molar-refractivity contribution in [1.29, 1.82) is 0 Å². The summed E-state index contributed by atoms with van der Waals surface area (Å²) < 4.78 is 4.77. The Kier molecular flexibility index (Phi) is 1.24. The number of hydrogen-bond donors (Lipinski definition) is 1. The summed E-state index contributed by atoms with van der Waals surface area (Å²) in [4.78, 5) is 10.5. The lowest BCUT2D eigenvalue weighted by Crippen LogP contribution is -2.17. The van der Waals surface area contributed by atoms with Gasteiger partial charge in [-0.2, -0.15) is 0 Å². The molecule has 3 nitrogen and oxygen atoms in total. The van der Waals surface area contributed by atoms with E-state index in [0.717, 1.165) is 0 Å². The maximum absolute atomic E-state index is 10.5. The summed E-state index contributed by atoms with van der Waals surface area (Å²) in [5.74, 6) is -0.500. The van der Waals surface area contributed by atoms with Gasteiger partial charge in [-0.25, -0.2) is 4.79 Å². The zero-order chi connectivity index (χ0) is 7.07. The minimum atomic E-state index is -0.903. The van der Waals surface area contributed by atoms with Crippen LogP contribution in [0.3, 0.4) is 0 Å². The molecule has 0 radical (unpaired) electrons. The number of carbonyl (C=O) groups excluding carboxylic acids is 1. The standard InChI is InChI=1S/C6H10O3/c1-6(2)3-4(7)5(8)9-6/h4,7H,3H2,1-2H3/t4-/m1/s1. The second-order valence-electron chi connectivity index (χ2n) is 2.90. The maximum atomic E-state index is 10.5. The summed E-state index contributed by atoms with van der Waals surface area (Å²) in [5, 5.41) is 8.86. The Bertz CT molecular complexity index is 139. The van der Waals surface area contributed by atoms with Gasteiger partial charge in [-0.15, -0.1) is 0 Å². The Hall–Kier alpha value is -0.570. The quantitative estimate of drug-likeness (QED) is 0.472. The van der Waals surface area contributed by atoms with E-state index in [1.165, 1.54) is 0 Å². The van der Waals surface area contributed by atoms with Crippen molar-refractivity contribution < 1.29 is 14.6 Å². The summed E-state index contributed by atoms with van der Waals surface area (Å²) >= 11 is 0. The van der Waals surface area contributed by atoms with E-state index >= 15 is 0 Å². The van der Waals surface area contributed by atoms with Crippen molar-refractivity contribution in [2.75, 3.05) is 0 Å². The van der Waals surface area contributed by atoms with E-state index in [2.05, 4.69) is 0 Å². The van der Waals surface area contributed by atoms with E-state index in [9.17, 15) is 4.79 Å². The van der Waals surface area contributed by atoms with E-state index in [1.807, 2.05) is 0 Å². The van der Waals surface area contributed by atoms with Crippen LogP contribution in [0.1, 0.15) is 20.3 Å². The molecule has 0 aliphatic carbocycles. The first-order valence-corrected chi connectivity index (χ1v) is 2.92. The lowest BCUT2D eigenvalue weighted by Gasteiger charge is -2.13. The molecule has 1 saturated heterocycles. The summed E-state index contributed by atoms with van der Waals surface area (Å²) in [6.07, 6.45) is -0.494. The third-order valence-electron chi connectivity index (χ3n) is 1.33. The SMILES string of the molecule is CC1(C)C[C@@H](O)C(=O)O1. The Morgan fingerprint density at radius 3 is 2.44 bits per heavy atom. The minimum absolute atomic E-state index is 0.409. The van der Waals surface area contributed by atoms with Gasteiger partial charge in [0.15, 0.2) is 6.10 Å². The van der Waals surface area contributed by atoms with E-state index in [1.54, 1.807) is 13.8 Å². The number of hydrogen-bond acceptors (Lipinski definition) is 3. The number of aliphatic hydroxyl groups is 1. The fraction of sp³-hybridized carbons (Fsp3) is 0.833. The second kappa shape index (κ2) is 1.70. The lowest BCUT2D eigenvalue weighted by atomic mass is 10.1. The summed E-state index contributed by atoms with van der Waals surface area (Å²) in [6.45, 7) is 3.56. The first-order valence-electron chi connectivity index (χ1n) is 2.92. The molecule has 0 saturated carbocycles. The highest BCUT2D eigenvalue weighted by molar-refractivity contribution is 5.77. The van der Waals surface area contributed by atoms with E-state index in [-0.39, 0.29) is 0 Å². The molecule has 0 amide bonds. The van der Waals surface area contributed by atoms with Crippen molar-refractivity contribution in [3.05, 3.63) is 0 Å². The van der Waals surface area contributed by atoms with Crippen molar-refractivity contribution in [3.63, 3.8) is 0 Å². The van der Waals surface area contributed by atoms with Crippen LogP contribution in [0, 0.1) is 0 Å². The molecule has 1 aliphatic rings. The van der Waals surface area contributed by atoms with Crippen molar-refractivity contribution >= 4 is 5.97 Å². The summed E-state index contributed by atoms with van der Waals surface area (Å²) in [5.41, 5.74) is -0.462. The third kappa shape index (κ3) is 1.21. The summed E-state index contributed by atoms with van der Waals surface area (Å²) in [7, 11) is 0. The molecule has 3 heteroatoms. The fourth-order valence-electron chi connectivity index (χ4n) is 0.931. The average Bonchev–Trinajstić information content (AvgIpc) is 1.79. The normalized spacial score (nSPS) is 32.3. The van der Waals surface area contributed by atoms with Gasteiger partial charge in [-0.1, -0.05) is 0 Å². The van der Waals surface area contributed by atoms with Gasteiger partial charge in [0.2, 0.25) is 0 Å². The molecule has 0 aromatic rings. The molecule has 1 N–H and O–H groups in total. The van der Waals surface area contributed by atoms with Crippen LogP contribution >= 0.6 is 0 Å². The molecule has 0 aromatic heterocycles. The van der Waals surface area contributed by atoms with Gasteiger partial charge in [-0.3, -0.25) is 0 Å². The monoisotopic (exact) mass is 130 g/mol. The number of ether oxygens (including phenoxy) is 1. The predicted molar refractivity (Wildman–Crippen MR) is 30.8 cm³/mol. The van der Waals surface area contributed by atoms with Gasteiger partial charge >= 0.3 is 5.97 Å². The highest BCUT2D eigenvalue weighted by atomic mass is 16.6. The number of rotatable bonds is 0. The van der Waals surface area contributed by atoms with Gasteiger partial charge in [0.05, 0.1) is 0 Å². The van der Waals surface area contributed by atoms with Crippen LogP contribution in [0.4, 0.5) is 0 Å². The number of esters is 1. The molecule has 1 heterocycles. The van der Waals surface area contributed by atoms with Crippen LogP contribution in [0.25, 0.3) is 0 Å². The molecular weight excluding hydrogens is 120 g/mol. The molecule has 1 rings (SSSR count). The first kappa shape index (κ1) is 6.55. The van der Waals surface area contributed by atoms with Gasteiger partial charge < -0.3 is 9.84 Å². The Labute approximate surface area is 53.6 Å². The Morgan fingerprint density at radius 2 is 2.33 bits per heavy atom. The molecular formula is C6H10O3. The molecule has 1 aliphatic heterocycles. The van der Waals surface area contributed by atoms with Crippen molar-refractivity contribution in [1.82, 2.24) is 0 Å². The Morgan fingerprint density at radius 1 is 1.78 bits per heavy atom. The predicted octanol–water partition coefficient (Wildman–Crippen LogP) is 0.0728. The van der Waals surface area contributed by atoms with Gasteiger partial charge in [0.25, 0.3) is 0 Å². The van der Waals surface area contributed by atoms with Crippen LogP contribution < -0.4 is 0 Å². The second-order valence-corrected chi connectivity index (χ2v) is 2.90. The van der Waals surface area contributed by atoms with Crippen molar-refractivity contribution in [3.8, 4) is 0 Å². The van der Waals surface area contributed by atoms with E-state index in [0.29, 0.717) is 6.42 Å². The topological polar surface area (TPSA) is 46.5 Å². The highest BCUT2D eigenvalue weighted by Crippen LogP contribution is 2.24. The molecule has 9 heavy (non-hydrogen) atoms. The van der Waals surface area contributed by atoms with Crippen LogP contribution in [0.5, 0.6) is 0 Å². The summed E-state index contributed by atoms with van der Waals surface area (Å²) in [6, 6.07) is 0. The first-order chi connectivity index (χ1) is 4.01. The molecule has 1 fully saturated rings. The maximum Gasteiger partial charge on any atom is 0.335 e. The smallest absolute Gasteiger partial charge is 0.335 e. The number of aliphatic hydroxyl groups excluding tert-OH is 1. The van der Waals surface area contributed by atoms with Gasteiger partial charge in [-0.05, 0) is 13.8 Å². The number of carbonyl (C=O) groups is 1. The van der Waals surface area contributed by atoms with Crippen LogP contribution in [0.2, 0.25) is 0 Å². The van der Waals surface area contributed by atoms with Crippen LogP contribution in [-0.2, 0) is 9.53 Å². The van der Waals surface area contributed by atoms with E-state index < -0.39 is 17.7 Å². The molecule has 52 valence electrons. The highest BCUT2D eigenvalue weighted by Gasteiger charge is 2.38. The van der Waals surface area contributed by atoms with Crippen LogP contribution in [-0.4, -0.2) is 22.8 Å². The van der Waals surface area contributed by atoms with Crippen LogP contribution in [0.15, 0.2) is 0 Å². The third-order valence-corrected chi connectivity index (χ3v) is 1.33. The fourth-order valence-corrected chi connectivity index (χ4v) is 0.931. The Balaban J connectivity index is 2.65. The number of cyclic esters (lactones) is 1. The van der Waals surface area contributed by atoms with Gasteiger partial charge in [0, 0.05) is 6.42 Å². The van der Waals surface area contributed by atoms with Gasteiger partial charge in [0.1, 0.15) is 5.60 Å². The zero-order valence-corrected chi connectivity index (χ0v) is 5.55. The average molecular weight is 130 g/mol. The molecule has 1 atom stereocenters. The minimum Gasteiger partial charge on any atom is -0.458 e. The van der Waals surface area contributed by atoms with Crippen molar-refractivity contribution in [2.45, 2.75) is 32.0 Å².